The van der Waals surface area contributed by atoms with E-state index in [4.69, 9.17) is 5.73 Å². The SMILES string of the molecule is CC(NC(=O)C1CCCC(N)C1)c1ccc(OCC(F)(F)F)cc1.Cl. The van der Waals surface area contributed by atoms with Gasteiger partial charge in [0.25, 0.3) is 0 Å². The molecule has 1 aliphatic rings. The summed E-state index contributed by atoms with van der Waals surface area (Å²) in [6, 6.07) is 6.11. The summed E-state index contributed by atoms with van der Waals surface area (Å²) in [5, 5.41) is 2.95. The molecule has 0 bridgehead atoms. The standard InChI is InChI=1S/C17H23F3N2O2.ClH/c1-11(22-16(23)13-3-2-4-14(21)9-13)12-5-7-15(8-6-12)24-10-17(18,19)20;/h5-8,11,13-14H,2-4,9-10,21H2,1H3,(H,22,23);1H. The van der Waals surface area contributed by atoms with Gasteiger partial charge in [-0.2, -0.15) is 13.2 Å². The topological polar surface area (TPSA) is 64.4 Å². The molecule has 0 saturated heterocycles. The van der Waals surface area contributed by atoms with E-state index in [1.54, 1.807) is 12.1 Å². The minimum absolute atomic E-state index is 0. The number of carbonyl (C=O) groups excluding carboxylic acids is 1. The number of nitrogens with one attached hydrogen (secondary N) is 1. The molecule has 0 radical (unpaired) electrons. The molecule has 25 heavy (non-hydrogen) atoms. The first-order valence-electron chi connectivity index (χ1n) is 8.10. The van der Waals surface area contributed by atoms with Crippen LogP contribution < -0.4 is 15.8 Å². The summed E-state index contributed by atoms with van der Waals surface area (Å²) >= 11 is 0. The van der Waals surface area contributed by atoms with Crippen LogP contribution >= 0.6 is 12.4 Å². The second-order valence-corrected chi connectivity index (χ2v) is 6.33. The van der Waals surface area contributed by atoms with Gasteiger partial charge in [-0.25, -0.2) is 0 Å². The van der Waals surface area contributed by atoms with E-state index in [9.17, 15) is 18.0 Å². The predicted molar refractivity (Wildman–Crippen MR) is 91.7 cm³/mol. The average Bonchev–Trinajstić information content (AvgIpc) is 2.52. The Labute approximate surface area is 151 Å². The number of hydrogen-bond acceptors (Lipinski definition) is 3. The second kappa shape index (κ2) is 9.29. The van der Waals surface area contributed by atoms with E-state index in [0.717, 1.165) is 24.8 Å². The Morgan fingerprint density at radius 3 is 2.52 bits per heavy atom. The number of halogens is 4. The van der Waals surface area contributed by atoms with Crippen LogP contribution in [-0.2, 0) is 4.79 Å². The van der Waals surface area contributed by atoms with Gasteiger partial charge in [-0.3, -0.25) is 4.79 Å². The first-order valence-corrected chi connectivity index (χ1v) is 8.10. The van der Waals surface area contributed by atoms with Crippen molar-refractivity contribution < 1.29 is 22.7 Å². The van der Waals surface area contributed by atoms with E-state index in [1.165, 1.54) is 12.1 Å². The van der Waals surface area contributed by atoms with Crippen molar-refractivity contribution in [1.29, 1.82) is 0 Å². The van der Waals surface area contributed by atoms with Gasteiger partial charge in [0, 0.05) is 12.0 Å². The maximum atomic E-state index is 12.3. The van der Waals surface area contributed by atoms with Gasteiger partial charge in [0.2, 0.25) is 5.91 Å². The smallest absolute Gasteiger partial charge is 0.422 e. The fourth-order valence-electron chi connectivity index (χ4n) is 2.90. The maximum absolute atomic E-state index is 12.3. The summed E-state index contributed by atoms with van der Waals surface area (Å²) in [5.41, 5.74) is 6.71. The molecule has 1 amide bonds. The zero-order valence-electron chi connectivity index (χ0n) is 14.0. The third kappa shape index (κ3) is 7.12. The number of rotatable bonds is 5. The molecule has 142 valence electrons. The zero-order valence-corrected chi connectivity index (χ0v) is 14.8. The summed E-state index contributed by atoms with van der Waals surface area (Å²) < 4.78 is 41.0. The first kappa shape index (κ1) is 21.6. The Kier molecular flexibility index (Phi) is 8.02. The van der Waals surface area contributed by atoms with Gasteiger partial charge in [-0.05, 0) is 43.9 Å². The number of carbonyl (C=O) groups is 1. The normalized spacial score (nSPS) is 21.8. The highest BCUT2D eigenvalue weighted by atomic mass is 35.5. The quantitative estimate of drug-likeness (QED) is 0.817. The van der Waals surface area contributed by atoms with Crippen LogP contribution in [0.25, 0.3) is 0 Å². The Hall–Kier alpha value is -1.47. The van der Waals surface area contributed by atoms with E-state index in [-0.39, 0.29) is 42.1 Å². The highest BCUT2D eigenvalue weighted by Gasteiger charge is 2.28. The fourth-order valence-corrected chi connectivity index (χ4v) is 2.90. The molecular weight excluding hydrogens is 357 g/mol. The van der Waals surface area contributed by atoms with Crippen LogP contribution in [-0.4, -0.2) is 24.7 Å². The lowest BCUT2D eigenvalue weighted by molar-refractivity contribution is -0.153. The van der Waals surface area contributed by atoms with E-state index in [1.807, 2.05) is 6.92 Å². The van der Waals surface area contributed by atoms with Crippen molar-refractivity contribution in [2.45, 2.75) is 50.9 Å². The van der Waals surface area contributed by atoms with Gasteiger partial charge in [0.1, 0.15) is 5.75 Å². The summed E-state index contributed by atoms with van der Waals surface area (Å²) in [4.78, 5) is 12.3. The average molecular weight is 381 g/mol. The van der Waals surface area contributed by atoms with E-state index in [0.29, 0.717) is 6.42 Å². The first-order chi connectivity index (χ1) is 11.2. The largest absolute Gasteiger partial charge is 0.484 e. The van der Waals surface area contributed by atoms with Gasteiger partial charge in [0.05, 0.1) is 6.04 Å². The van der Waals surface area contributed by atoms with Crippen molar-refractivity contribution in [2.24, 2.45) is 11.7 Å². The molecule has 0 aliphatic heterocycles. The van der Waals surface area contributed by atoms with E-state index >= 15 is 0 Å². The molecule has 3 N–H and O–H groups in total. The third-order valence-electron chi connectivity index (χ3n) is 4.23. The summed E-state index contributed by atoms with van der Waals surface area (Å²) in [5.74, 6) is 0.0634. The second-order valence-electron chi connectivity index (χ2n) is 6.33. The van der Waals surface area contributed by atoms with E-state index in [2.05, 4.69) is 10.1 Å². The van der Waals surface area contributed by atoms with Crippen molar-refractivity contribution in [1.82, 2.24) is 5.32 Å². The molecule has 1 aromatic carbocycles. The molecule has 1 aromatic rings. The predicted octanol–water partition coefficient (Wildman–Crippen LogP) is 3.74. The summed E-state index contributed by atoms with van der Waals surface area (Å²) in [6.07, 6.45) is -0.905. The van der Waals surface area contributed by atoms with Gasteiger partial charge in [-0.1, -0.05) is 18.6 Å². The van der Waals surface area contributed by atoms with Crippen LogP contribution in [0, 0.1) is 5.92 Å². The van der Waals surface area contributed by atoms with Crippen LogP contribution in [0.2, 0.25) is 0 Å². The molecule has 3 unspecified atom stereocenters. The Balaban J connectivity index is 0.00000312. The Morgan fingerprint density at radius 2 is 1.96 bits per heavy atom. The molecule has 8 heteroatoms. The van der Waals surface area contributed by atoms with Crippen molar-refractivity contribution >= 4 is 18.3 Å². The molecule has 0 heterocycles. The van der Waals surface area contributed by atoms with E-state index < -0.39 is 12.8 Å². The lowest BCUT2D eigenvalue weighted by Crippen LogP contribution is -2.38. The summed E-state index contributed by atoms with van der Waals surface area (Å²) in [7, 11) is 0. The highest BCUT2D eigenvalue weighted by Crippen LogP contribution is 2.25. The van der Waals surface area contributed by atoms with Crippen LogP contribution in [0.5, 0.6) is 5.75 Å². The molecule has 1 fully saturated rings. The van der Waals surface area contributed by atoms with Crippen LogP contribution in [0.1, 0.15) is 44.2 Å². The van der Waals surface area contributed by atoms with Gasteiger partial charge >= 0.3 is 6.18 Å². The van der Waals surface area contributed by atoms with Gasteiger partial charge in [-0.15, -0.1) is 12.4 Å². The van der Waals surface area contributed by atoms with Crippen molar-refractivity contribution in [3.8, 4) is 5.75 Å². The molecule has 3 atom stereocenters. The van der Waals surface area contributed by atoms with Gasteiger partial charge in [0.15, 0.2) is 6.61 Å². The van der Waals surface area contributed by atoms with Crippen molar-refractivity contribution in [3.63, 3.8) is 0 Å². The van der Waals surface area contributed by atoms with Gasteiger partial charge < -0.3 is 15.8 Å². The van der Waals surface area contributed by atoms with Crippen molar-refractivity contribution in [3.05, 3.63) is 29.8 Å². The molecule has 4 nitrogen and oxygen atoms in total. The van der Waals surface area contributed by atoms with Crippen LogP contribution in [0.4, 0.5) is 13.2 Å². The molecule has 1 aliphatic carbocycles. The van der Waals surface area contributed by atoms with Crippen LogP contribution in [0.15, 0.2) is 24.3 Å². The maximum Gasteiger partial charge on any atom is 0.422 e. The minimum Gasteiger partial charge on any atom is -0.484 e. The third-order valence-corrected chi connectivity index (χ3v) is 4.23. The Morgan fingerprint density at radius 1 is 1.32 bits per heavy atom. The Bertz CT molecular complexity index is 552. The van der Waals surface area contributed by atoms with Crippen LogP contribution in [0.3, 0.4) is 0 Å². The number of benzene rings is 1. The number of alkyl halides is 3. The number of nitrogens with two attached hydrogens (primary N) is 1. The molecule has 2 rings (SSSR count). The molecule has 0 aromatic heterocycles. The summed E-state index contributed by atoms with van der Waals surface area (Å²) in [6.45, 7) is 0.521. The molecule has 0 spiro atoms. The number of amides is 1. The highest BCUT2D eigenvalue weighted by molar-refractivity contribution is 5.85. The minimum atomic E-state index is -4.36. The fraction of sp³-hybridized carbons (Fsp3) is 0.588. The lowest BCUT2D eigenvalue weighted by atomic mass is 9.85. The number of ether oxygens (including phenoxy) is 1. The molecular formula is C17H24ClF3N2O2. The van der Waals surface area contributed by atoms with Crippen molar-refractivity contribution in [2.75, 3.05) is 6.61 Å². The molecule has 1 saturated carbocycles. The number of hydrogen-bond donors (Lipinski definition) is 2. The lowest BCUT2D eigenvalue weighted by Gasteiger charge is -2.27. The zero-order chi connectivity index (χ0) is 17.7. The monoisotopic (exact) mass is 380 g/mol.